The second-order valence-corrected chi connectivity index (χ2v) is 9.36. The zero-order valence-electron chi connectivity index (χ0n) is 8.90. The number of aliphatic hydroxyl groups is 1. The molecule has 0 aliphatic rings. The fourth-order valence-electron chi connectivity index (χ4n) is 1.20. The van der Waals surface area contributed by atoms with Crippen LogP contribution in [0.25, 0.3) is 0 Å². The van der Waals surface area contributed by atoms with E-state index in [0.29, 0.717) is 10.6 Å². The van der Waals surface area contributed by atoms with Gasteiger partial charge in [0.2, 0.25) is 3.12 Å². The first-order valence-electron chi connectivity index (χ1n) is 4.76. The van der Waals surface area contributed by atoms with E-state index in [1.807, 2.05) is 0 Å². The predicted octanol–water partition coefficient (Wildman–Crippen LogP) is 3.10. The minimum absolute atomic E-state index is 0.174. The topological polar surface area (TPSA) is 54.4 Å². The Hall–Kier alpha value is 0.190. The average Bonchev–Trinajstić information content (AvgIpc) is 2.28. The molecule has 0 radical (unpaired) electrons. The van der Waals surface area contributed by atoms with Gasteiger partial charge >= 0.3 is 0 Å². The molecule has 7 heteroatoms. The van der Waals surface area contributed by atoms with Gasteiger partial charge in [-0.05, 0) is 33.6 Å². The molecule has 3 nitrogen and oxygen atoms in total. The van der Waals surface area contributed by atoms with Crippen molar-refractivity contribution < 1.29 is 13.5 Å². The Balaban J connectivity index is 3.12. The Morgan fingerprint density at radius 2 is 1.88 bits per heavy atom. The number of hydrogen-bond acceptors (Lipinski definition) is 3. The summed E-state index contributed by atoms with van der Waals surface area (Å²) in [6, 6.07) is 6.16. The normalized spacial score (nSPS) is 17.5. The molecule has 2 atom stereocenters. The van der Waals surface area contributed by atoms with E-state index in [2.05, 4.69) is 15.9 Å². The third-order valence-corrected chi connectivity index (χ3v) is 7.19. The van der Waals surface area contributed by atoms with E-state index in [-0.39, 0.29) is 5.75 Å². The molecule has 0 aliphatic heterocycles. The number of benzene rings is 1. The van der Waals surface area contributed by atoms with Crippen molar-refractivity contribution in [3.63, 3.8) is 0 Å². The zero-order valence-corrected chi connectivity index (χ0v) is 12.8. The standard InChI is InChI=1S/C10H11BrCl2O3S/c1-2-17(15,16)10(11,13)9(14)7-3-5-8(12)6-4-7/h3-6,9,14H,2H2,1H3/t9-,10+/m0/s1. The number of rotatable bonds is 4. The van der Waals surface area contributed by atoms with Gasteiger partial charge in [0.05, 0.1) is 5.75 Å². The summed E-state index contributed by atoms with van der Waals surface area (Å²) in [6.07, 6.45) is -1.38. The summed E-state index contributed by atoms with van der Waals surface area (Å²) in [5.74, 6) is -0.174. The van der Waals surface area contributed by atoms with Crippen LogP contribution in [-0.4, -0.2) is 22.4 Å². The minimum Gasteiger partial charge on any atom is -0.385 e. The van der Waals surface area contributed by atoms with Crippen LogP contribution in [-0.2, 0) is 9.84 Å². The highest BCUT2D eigenvalue weighted by Crippen LogP contribution is 2.43. The van der Waals surface area contributed by atoms with Crippen molar-refractivity contribution >= 4 is 49.0 Å². The van der Waals surface area contributed by atoms with E-state index >= 15 is 0 Å². The Kier molecular flexibility index (Phi) is 4.88. The molecular formula is C10H11BrCl2O3S. The lowest BCUT2D eigenvalue weighted by Crippen LogP contribution is -2.34. The molecule has 0 aromatic heterocycles. The average molecular weight is 362 g/mol. The first-order valence-corrected chi connectivity index (χ1v) is 7.96. The van der Waals surface area contributed by atoms with Crippen molar-refractivity contribution in [1.82, 2.24) is 0 Å². The molecule has 1 N–H and O–H groups in total. The van der Waals surface area contributed by atoms with Crippen LogP contribution in [0.4, 0.5) is 0 Å². The molecule has 1 aromatic rings. The number of hydrogen-bond donors (Lipinski definition) is 1. The van der Waals surface area contributed by atoms with Crippen molar-refractivity contribution in [2.24, 2.45) is 0 Å². The summed E-state index contributed by atoms with van der Waals surface area (Å²) in [5.41, 5.74) is 0.373. The van der Waals surface area contributed by atoms with Crippen LogP contribution in [0.1, 0.15) is 18.6 Å². The van der Waals surface area contributed by atoms with E-state index in [0.717, 1.165) is 0 Å². The Bertz CT molecular complexity index is 485. The molecule has 0 saturated heterocycles. The predicted molar refractivity (Wildman–Crippen MR) is 73.4 cm³/mol. The maximum atomic E-state index is 11.7. The second kappa shape index (κ2) is 5.45. The summed E-state index contributed by atoms with van der Waals surface area (Å²) < 4.78 is 21.5. The molecule has 96 valence electrons. The van der Waals surface area contributed by atoms with Crippen LogP contribution in [0.3, 0.4) is 0 Å². The van der Waals surface area contributed by atoms with Gasteiger partial charge in [-0.25, -0.2) is 8.42 Å². The lowest BCUT2D eigenvalue weighted by molar-refractivity contribution is 0.185. The number of aliphatic hydroxyl groups excluding tert-OH is 1. The van der Waals surface area contributed by atoms with Gasteiger partial charge in [0, 0.05) is 5.02 Å². The van der Waals surface area contributed by atoms with E-state index in [4.69, 9.17) is 23.2 Å². The molecule has 0 heterocycles. The summed E-state index contributed by atoms with van der Waals surface area (Å²) in [7, 11) is -3.66. The van der Waals surface area contributed by atoms with Gasteiger partial charge in [-0.1, -0.05) is 42.3 Å². The van der Waals surface area contributed by atoms with Crippen LogP contribution in [0, 0.1) is 0 Å². The van der Waals surface area contributed by atoms with Crippen LogP contribution in [0.2, 0.25) is 5.02 Å². The molecule has 0 amide bonds. The number of alkyl halides is 2. The van der Waals surface area contributed by atoms with E-state index in [1.165, 1.54) is 19.1 Å². The third-order valence-electron chi connectivity index (χ3n) is 2.30. The smallest absolute Gasteiger partial charge is 0.229 e. The summed E-state index contributed by atoms with van der Waals surface area (Å²) >= 11 is 14.5. The Morgan fingerprint density at radius 3 is 2.29 bits per heavy atom. The highest BCUT2D eigenvalue weighted by molar-refractivity contribution is 9.12. The van der Waals surface area contributed by atoms with E-state index in [1.54, 1.807) is 12.1 Å². The van der Waals surface area contributed by atoms with Gasteiger partial charge in [0.15, 0.2) is 9.84 Å². The van der Waals surface area contributed by atoms with Gasteiger partial charge < -0.3 is 5.11 Å². The van der Waals surface area contributed by atoms with Crippen molar-refractivity contribution in [1.29, 1.82) is 0 Å². The van der Waals surface area contributed by atoms with E-state index in [9.17, 15) is 13.5 Å². The maximum absolute atomic E-state index is 11.7. The molecular weight excluding hydrogens is 351 g/mol. The van der Waals surface area contributed by atoms with E-state index < -0.39 is 19.1 Å². The zero-order chi connectivity index (χ0) is 13.3. The van der Waals surface area contributed by atoms with Crippen molar-refractivity contribution in [3.8, 4) is 0 Å². The summed E-state index contributed by atoms with van der Waals surface area (Å²) in [5, 5.41) is 10.5. The fraction of sp³-hybridized carbons (Fsp3) is 0.400. The monoisotopic (exact) mass is 360 g/mol. The second-order valence-electron chi connectivity index (χ2n) is 3.42. The molecule has 0 spiro atoms. The quantitative estimate of drug-likeness (QED) is 0.838. The first kappa shape index (κ1) is 15.2. The third kappa shape index (κ3) is 3.15. The van der Waals surface area contributed by atoms with Gasteiger partial charge in [0.1, 0.15) is 6.10 Å². The molecule has 0 bridgehead atoms. The van der Waals surface area contributed by atoms with Crippen LogP contribution in [0.15, 0.2) is 24.3 Å². The lowest BCUT2D eigenvalue weighted by Gasteiger charge is -2.25. The molecule has 1 aromatic carbocycles. The molecule has 1 rings (SSSR count). The number of sulfone groups is 1. The number of halogens is 3. The van der Waals surface area contributed by atoms with Gasteiger partial charge in [0.25, 0.3) is 0 Å². The highest BCUT2D eigenvalue weighted by atomic mass is 79.9. The SMILES string of the molecule is CCS(=O)(=O)[C@@](Cl)(Br)[C@@H](O)c1ccc(Cl)cc1. The van der Waals surface area contributed by atoms with Crippen molar-refractivity contribution in [2.45, 2.75) is 16.1 Å². The molecule has 0 unspecified atom stereocenters. The minimum atomic E-state index is -3.66. The Morgan fingerprint density at radius 1 is 1.41 bits per heavy atom. The van der Waals surface area contributed by atoms with Crippen molar-refractivity contribution in [2.75, 3.05) is 5.75 Å². The lowest BCUT2D eigenvalue weighted by atomic mass is 10.1. The van der Waals surface area contributed by atoms with Gasteiger partial charge in [-0.2, -0.15) is 0 Å². The first-order chi connectivity index (χ1) is 7.72. The maximum Gasteiger partial charge on any atom is 0.229 e. The molecule has 0 saturated carbocycles. The Labute approximate surface area is 119 Å². The van der Waals surface area contributed by atoms with Gasteiger partial charge in [-0.15, -0.1) is 0 Å². The van der Waals surface area contributed by atoms with Gasteiger partial charge in [-0.3, -0.25) is 0 Å². The highest BCUT2D eigenvalue weighted by Gasteiger charge is 2.45. The summed E-state index contributed by atoms with van der Waals surface area (Å²) in [4.78, 5) is 0. The fourth-order valence-corrected chi connectivity index (χ4v) is 3.59. The van der Waals surface area contributed by atoms with Crippen molar-refractivity contribution in [3.05, 3.63) is 34.9 Å². The molecule has 17 heavy (non-hydrogen) atoms. The molecule has 0 fully saturated rings. The van der Waals surface area contributed by atoms with Crippen LogP contribution >= 0.6 is 39.1 Å². The van der Waals surface area contributed by atoms with Crippen LogP contribution < -0.4 is 0 Å². The van der Waals surface area contributed by atoms with Crippen LogP contribution in [0.5, 0.6) is 0 Å². The summed E-state index contributed by atoms with van der Waals surface area (Å²) in [6.45, 7) is 1.46. The largest absolute Gasteiger partial charge is 0.385 e. The molecule has 0 aliphatic carbocycles.